The molecule has 1 aliphatic rings. The van der Waals surface area contributed by atoms with Crippen LogP contribution < -0.4 is 5.32 Å². The number of hydrogen-bond donors (Lipinski definition) is 2. The van der Waals surface area contributed by atoms with Gasteiger partial charge in [-0.1, -0.05) is 19.3 Å². The topological polar surface area (TPSA) is 105 Å². The molecular formula is C14H19N3O4. The third kappa shape index (κ3) is 3.68. The Labute approximate surface area is 122 Å². The van der Waals surface area contributed by atoms with Gasteiger partial charge in [-0.25, -0.2) is 9.78 Å². The maximum absolute atomic E-state index is 11.0. The van der Waals surface area contributed by atoms with E-state index in [0.29, 0.717) is 5.92 Å². The lowest BCUT2D eigenvalue weighted by molar-refractivity contribution is -0.384. The van der Waals surface area contributed by atoms with Crippen LogP contribution in [0.3, 0.4) is 0 Å². The smallest absolute Gasteiger partial charge is 0.354 e. The van der Waals surface area contributed by atoms with Gasteiger partial charge in [0, 0.05) is 12.1 Å². The van der Waals surface area contributed by atoms with E-state index in [0.717, 1.165) is 18.9 Å². The molecule has 0 aromatic carbocycles. The van der Waals surface area contributed by atoms with Crippen molar-refractivity contribution in [2.75, 3.05) is 5.32 Å². The Morgan fingerprint density at radius 2 is 2.10 bits per heavy atom. The molecule has 7 nitrogen and oxygen atoms in total. The fraction of sp³-hybridized carbons (Fsp3) is 0.571. The molecule has 21 heavy (non-hydrogen) atoms. The molecule has 0 aliphatic heterocycles. The van der Waals surface area contributed by atoms with E-state index in [9.17, 15) is 14.9 Å². The monoisotopic (exact) mass is 293 g/mol. The molecule has 1 unspecified atom stereocenters. The zero-order valence-electron chi connectivity index (χ0n) is 11.9. The number of aromatic carboxylic acids is 1. The first-order chi connectivity index (χ1) is 9.99. The Hall–Kier alpha value is -2.18. The van der Waals surface area contributed by atoms with Crippen molar-refractivity contribution in [3.05, 3.63) is 27.9 Å². The van der Waals surface area contributed by atoms with Crippen molar-refractivity contribution in [2.45, 2.75) is 45.1 Å². The van der Waals surface area contributed by atoms with Gasteiger partial charge in [0.25, 0.3) is 0 Å². The SMILES string of the molecule is CC(Nc1nc(C(=O)O)ccc1[N+](=O)[O-])C1CCCCC1. The first kappa shape index (κ1) is 15.2. The minimum Gasteiger partial charge on any atom is -0.477 e. The Bertz CT molecular complexity index is 541. The molecule has 2 rings (SSSR count). The van der Waals surface area contributed by atoms with E-state index in [1.165, 1.54) is 25.3 Å². The van der Waals surface area contributed by atoms with Gasteiger partial charge in [-0.2, -0.15) is 0 Å². The maximum Gasteiger partial charge on any atom is 0.354 e. The van der Waals surface area contributed by atoms with Gasteiger partial charge in [0.05, 0.1) is 4.92 Å². The molecule has 1 aliphatic carbocycles. The molecule has 1 aromatic heterocycles. The average molecular weight is 293 g/mol. The van der Waals surface area contributed by atoms with Crippen molar-refractivity contribution in [3.8, 4) is 0 Å². The summed E-state index contributed by atoms with van der Waals surface area (Å²) in [5.41, 5.74) is -0.387. The first-order valence-electron chi connectivity index (χ1n) is 7.14. The van der Waals surface area contributed by atoms with Crippen molar-refractivity contribution < 1.29 is 14.8 Å². The van der Waals surface area contributed by atoms with Gasteiger partial charge in [0.15, 0.2) is 5.69 Å². The second-order valence-corrected chi connectivity index (χ2v) is 5.46. The van der Waals surface area contributed by atoms with Crippen molar-refractivity contribution in [2.24, 2.45) is 5.92 Å². The number of carboxylic acid groups (broad SMARTS) is 1. The molecule has 0 amide bonds. The van der Waals surface area contributed by atoms with Crippen LogP contribution in [0.2, 0.25) is 0 Å². The van der Waals surface area contributed by atoms with E-state index >= 15 is 0 Å². The molecule has 1 heterocycles. The fourth-order valence-corrected chi connectivity index (χ4v) is 2.79. The highest BCUT2D eigenvalue weighted by molar-refractivity contribution is 5.86. The van der Waals surface area contributed by atoms with Gasteiger partial charge < -0.3 is 10.4 Å². The van der Waals surface area contributed by atoms with E-state index in [2.05, 4.69) is 10.3 Å². The third-order valence-corrected chi connectivity index (χ3v) is 4.01. The van der Waals surface area contributed by atoms with Crippen LogP contribution >= 0.6 is 0 Å². The van der Waals surface area contributed by atoms with Crippen LogP contribution in [0.5, 0.6) is 0 Å². The second kappa shape index (κ2) is 6.51. The van der Waals surface area contributed by atoms with Gasteiger partial charge in [0.1, 0.15) is 0 Å². The van der Waals surface area contributed by atoms with Crippen LogP contribution in [0.4, 0.5) is 11.5 Å². The van der Waals surface area contributed by atoms with Crippen LogP contribution in [0.25, 0.3) is 0 Å². The van der Waals surface area contributed by atoms with Crippen molar-refractivity contribution >= 4 is 17.5 Å². The molecular weight excluding hydrogens is 274 g/mol. The molecule has 1 saturated carbocycles. The number of anilines is 1. The summed E-state index contributed by atoms with van der Waals surface area (Å²) in [6.45, 7) is 1.97. The molecule has 1 fully saturated rings. The predicted octanol–water partition coefficient (Wildman–Crippen LogP) is 3.07. The van der Waals surface area contributed by atoms with Crippen molar-refractivity contribution in [3.63, 3.8) is 0 Å². The van der Waals surface area contributed by atoms with E-state index < -0.39 is 10.9 Å². The number of nitro groups is 1. The Balaban J connectivity index is 2.21. The lowest BCUT2D eigenvalue weighted by atomic mass is 9.84. The number of aromatic nitrogens is 1. The lowest BCUT2D eigenvalue weighted by Crippen LogP contribution is -2.28. The normalized spacial score (nSPS) is 17.2. The summed E-state index contributed by atoms with van der Waals surface area (Å²) < 4.78 is 0. The molecule has 7 heteroatoms. The summed E-state index contributed by atoms with van der Waals surface area (Å²) in [6, 6.07) is 2.36. The Morgan fingerprint density at radius 3 is 2.67 bits per heavy atom. The van der Waals surface area contributed by atoms with E-state index in [4.69, 9.17) is 5.11 Å². The zero-order chi connectivity index (χ0) is 15.4. The standard InChI is InChI=1S/C14H19N3O4/c1-9(10-5-3-2-4-6-10)15-13-12(17(20)21)8-7-11(16-13)14(18)19/h7-10H,2-6H2,1H3,(H,15,16)(H,18,19). The molecule has 0 spiro atoms. The van der Waals surface area contributed by atoms with E-state index in [1.807, 2.05) is 6.92 Å². The summed E-state index contributed by atoms with van der Waals surface area (Å²) in [5.74, 6) is -0.718. The Kier molecular flexibility index (Phi) is 4.72. The highest BCUT2D eigenvalue weighted by Gasteiger charge is 2.24. The molecule has 2 N–H and O–H groups in total. The summed E-state index contributed by atoms with van der Waals surface area (Å²) in [7, 11) is 0. The second-order valence-electron chi connectivity index (χ2n) is 5.46. The maximum atomic E-state index is 11.0. The number of rotatable bonds is 5. The minimum absolute atomic E-state index is 0.0283. The van der Waals surface area contributed by atoms with Gasteiger partial charge in [0.2, 0.25) is 5.82 Å². The summed E-state index contributed by atoms with van der Waals surface area (Å²) in [6.07, 6.45) is 5.74. The number of carbonyl (C=O) groups is 1. The van der Waals surface area contributed by atoms with Gasteiger partial charge in [-0.05, 0) is 31.7 Å². The highest BCUT2D eigenvalue weighted by Crippen LogP contribution is 2.30. The third-order valence-electron chi connectivity index (χ3n) is 4.01. The average Bonchev–Trinajstić information content (AvgIpc) is 2.47. The number of pyridine rings is 1. The van der Waals surface area contributed by atoms with E-state index in [1.54, 1.807) is 0 Å². The van der Waals surface area contributed by atoms with Crippen molar-refractivity contribution in [1.29, 1.82) is 0 Å². The number of nitrogens with one attached hydrogen (secondary N) is 1. The van der Waals surface area contributed by atoms with Gasteiger partial charge >= 0.3 is 11.7 Å². The number of nitrogens with zero attached hydrogens (tertiary/aromatic N) is 2. The molecule has 0 saturated heterocycles. The first-order valence-corrected chi connectivity index (χ1v) is 7.14. The van der Waals surface area contributed by atoms with Crippen LogP contribution in [0, 0.1) is 16.0 Å². The zero-order valence-corrected chi connectivity index (χ0v) is 11.9. The van der Waals surface area contributed by atoms with Crippen LogP contribution in [0.1, 0.15) is 49.5 Å². The summed E-state index contributed by atoms with van der Waals surface area (Å²) in [4.78, 5) is 25.3. The van der Waals surface area contributed by atoms with Gasteiger partial charge in [-0.3, -0.25) is 10.1 Å². The van der Waals surface area contributed by atoms with Crippen LogP contribution in [-0.2, 0) is 0 Å². The van der Waals surface area contributed by atoms with Gasteiger partial charge in [-0.15, -0.1) is 0 Å². The van der Waals surface area contributed by atoms with Crippen LogP contribution in [0.15, 0.2) is 12.1 Å². The molecule has 0 radical (unpaired) electrons. The molecule has 0 bridgehead atoms. The molecule has 114 valence electrons. The predicted molar refractivity (Wildman–Crippen MR) is 77.5 cm³/mol. The summed E-state index contributed by atoms with van der Waals surface area (Å²) >= 11 is 0. The highest BCUT2D eigenvalue weighted by atomic mass is 16.6. The number of hydrogen-bond acceptors (Lipinski definition) is 5. The quantitative estimate of drug-likeness (QED) is 0.638. The fourth-order valence-electron chi connectivity index (χ4n) is 2.79. The molecule has 1 atom stereocenters. The van der Waals surface area contributed by atoms with E-state index in [-0.39, 0.29) is 23.2 Å². The molecule has 1 aromatic rings. The van der Waals surface area contributed by atoms with Crippen molar-refractivity contribution in [1.82, 2.24) is 4.98 Å². The lowest BCUT2D eigenvalue weighted by Gasteiger charge is -2.28. The minimum atomic E-state index is -1.20. The Morgan fingerprint density at radius 1 is 1.43 bits per heavy atom. The van der Waals surface area contributed by atoms with Crippen LogP contribution in [-0.4, -0.2) is 27.0 Å². The number of carboxylic acids is 1. The summed E-state index contributed by atoms with van der Waals surface area (Å²) in [5, 5.41) is 23.0. The largest absolute Gasteiger partial charge is 0.477 e.